The largest absolute Gasteiger partial charge is 0.454 e. The maximum Gasteiger partial charge on any atom is 0.231 e. The fourth-order valence-electron chi connectivity index (χ4n) is 2.79. The Morgan fingerprint density at radius 2 is 1.88 bits per heavy atom. The Hall–Kier alpha value is -1.22. The van der Waals surface area contributed by atoms with E-state index in [1.807, 2.05) is 6.07 Å². The average Bonchev–Trinajstić information content (AvgIpc) is 3.09. The van der Waals surface area contributed by atoms with E-state index in [2.05, 4.69) is 53.4 Å². The number of aliphatic imine (C=N–C) groups is 1. The molecule has 0 spiro atoms. The second-order valence-corrected chi connectivity index (χ2v) is 6.01. The van der Waals surface area contributed by atoms with Crippen LogP contribution in [0.5, 0.6) is 11.5 Å². The van der Waals surface area contributed by atoms with E-state index in [9.17, 15) is 0 Å². The van der Waals surface area contributed by atoms with Gasteiger partial charge in [0.15, 0.2) is 17.5 Å². The number of nitrogens with zero attached hydrogens (tertiary/aromatic N) is 2. The lowest BCUT2D eigenvalue weighted by Crippen LogP contribution is -2.38. The first-order chi connectivity index (χ1) is 12.3. The van der Waals surface area contributed by atoms with Crippen LogP contribution in [0.2, 0.25) is 0 Å². The van der Waals surface area contributed by atoms with E-state index in [0.29, 0.717) is 6.79 Å². The van der Waals surface area contributed by atoms with Gasteiger partial charge in [-0.05, 0) is 57.1 Å². The molecule has 0 unspecified atom stereocenters. The molecule has 1 aliphatic heterocycles. The van der Waals surface area contributed by atoms with Crippen molar-refractivity contribution in [1.29, 1.82) is 0 Å². The average molecular weight is 476 g/mol. The van der Waals surface area contributed by atoms with Crippen molar-refractivity contribution in [3.63, 3.8) is 0 Å². The lowest BCUT2D eigenvalue weighted by Gasteiger charge is -2.17. The maximum atomic E-state index is 5.43. The van der Waals surface area contributed by atoms with Crippen molar-refractivity contribution < 1.29 is 9.47 Å². The number of fused-ring (bicyclic) bond motifs is 1. The van der Waals surface area contributed by atoms with E-state index in [-0.39, 0.29) is 24.0 Å². The summed E-state index contributed by atoms with van der Waals surface area (Å²) in [6, 6.07) is 6.12. The van der Waals surface area contributed by atoms with Gasteiger partial charge in [-0.3, -0.25) is 4.99 Å². The van der Waals surface area contributed by atoms with Crippen LogP contribution >= 0.6 is 24.0 Å². The Morgan fingerprint density at radius 3 is 2.62 bits per heavy atom. The van der Waals surface area contributed by atoms with Gasteiger partial charge in [-0.2, -0.15) is 0 Å². The molecule has 7 heteroatoms. The summed E-state index contributed by atoms with van der Waals surface area (Å²) in [6.07, 6.45) is 2.00. The topological polar surface area (TPSA) is 58.1 Å². The number of ether oxygens (including phenoxy) is 2. The van der Waals surface area contributed by atoms with Crippen LogP contribution in [0.25, 0.3) is 0 Å². The maximum absolute atomic E-state index is 5.43. The van der Waals surface area contributed by atoms with Crippen molar-refractivity contribution in [1.82, 2.24) is 15.5 Å². The van der Waals surface area contributed by atoms with Crippen molar-refractivity contribution in [3.8, 4) is 11.5 Å². The highest BCUT2D eigenvalue weighted by Gasteiger charge is 2.12. The third kappa shape index (κ3) is 7.57. The van der Waals surface area contributed by atoms with Gasteiger partial charge < -0.3 is 25.0 Å². The molecule has 6 nitrogen and oxygen atoms in total. The first-order valence-corrected chi connectivity index (χ1v) is 9.39. The van der Waals surface area contributed by atoms with E-state index in [1.165, 1.54) is 5.56 Å². The number of hydrogen-bond acceptors (Lipinski definition) is 4. The Balaban J connectivity index is 0.00000338. The fraction of sp³-hybridized carbons (Fsp3) is 0.632. The monoisotopic (exact) mass is 476 g/mol. The quantitative estimate of drug-likeness (QED) is 0.236. The third-order valence-electron chi connectivity index (χ3n) is 4.28. The van der Waals surface area contributed by atoms with Crippen LogP contribution in [-0.4, -0.2) is 56.9 Å². The molecule has 148 valence electrons. The van der Waals surface area contributed by atoms with Gasteiger partial charge in [0.25, 0.3) is 0 Å². The van der Waals surface area contributed by atoms with Gasteiger partial charge in [-0.1, -0.05) is 19.9 Å². The van der Waals surface area contributed by atoms with E-state index in [1.54, 1.807) is 0 Å². The van der Waals surface area contributed by atoms with Crippen LogP contribution in [0, 0.1) is 0 Å². The van der Waals surface area contributed by atoms with Gasteiger partial charge in [-0.15, -0.1) is 24.0 Å². The molecule has 26 heavy (non-hydrogen) atoms. The highest BCUT2D eigenvalue weighted by Crippen LogP contribution is 2.32. The summed E-state index contributed by atoms with van der Waals surface area (Å²) in [6.45, 7) is 12.7. The Bertz CT molecular complexity index is 550. The van der Waals surface area contributed by atoms with Gasteiger partial charge in [0.2, 0.25) is 6.79 Å². The predicted octanol–water partition coefficient (Wildman–Crippen LogP) is 2.86. The second-order valence-electron chi connectivity index (χ2n) is 6.01. The molecule has 0 atom stereocenters. The SMILES string of the molecule is CCNC(=NCCCN(CC)CC)NCCc1ccc2c(c1)OCO2.I. The molecule has 0 fully saturated rings. The van der Waals surface area contributed by atoms with E-state index in [0.717, 1.165) is 69.6 Å². The van der Waals surface area contributed by atoms with Crippen LogP contribution in [0.3, 0.4) is 0 Å². The standard InChI is InChI=1S/C19H32N4O2.HI/c1-4-20-19(21-11-7-13-23(5-2)6-3)22-12-10-16-8-9-17-18(14-16)25-15-24-17;/h8-9,14H,4-7,10-13,15H2,1-3H3,(H2,20,21,22);1H. The van der Waals surface area contributed by atoms with Crippen molar-refractivity contribution in [2.24, 2.45) is 4.99 Å². The van der Waals surface area contributed by atoms with Crippen LogP contribution in [0.1, 0.15) is 32.8 Å². The van der Waals surface area contributed by atoms with E-state index >= 15 is 0 Å². The zero-order chi connectivity index (χ0) is 17.9. The fourth-order valence-corrected chi connectivity index (χ4v) is 2.79. The van der Waals surface area contributed by atoms with E-state index < -0.39 is 0 Å². The number of nitrogens with one attached hydrogen (secondary N) is 2. The first-order valence-electron chi connectivity index (χ1n) is 9.39. The normalized spacial score (nSPS) is 12.8. The molecule has 0 radical (unpaired) electrons. The lowest BCUT2D eigenvalue weighted by atomic mass is 10.1. The highest BCUT2D eigenvalue weighted by atomic mass is 127. The smallest absolute Gasteiger partial charge is 0.231 e. The summed E-state index contributed by atoms with van der Waals surface area (Å²) in [5, 5.41) is 6.71. The zero-order valence-corrected chi connectivity index (χ0v) is 18.5. The van der Waals surface area contributed by atoms with Gasteiger partial charge in [0.05, 0.1) is 0 Å². The number of hydrogen-bond donors (Lipinski definition) is 2. The molecule has 0 bridgehead atoms. The second kappa shape index (κ2) is 13.0. The van der Waals surface area contributed by atoms with Gasteiger partial charge >= 0.3 is 0 Å². The Morgan fingerprint density at radius 1 is 1.12 bits per heavy atom. The molecule has 2 rings (SSSR count). The minimum absolute atomic E-state index is 0. The molecule has 0 saturated carbocycles. The van der Waals surface area contributed by atoms with Gasteiger partial charge in [0.1, 0.15) is 0 Å². The molecule has 0 saturated heterocycles. The van der Waals surface area contributed by atoms with Crippen LogP contribution in [-0.2, 0) is 6.42 Å². The van der Waals surface area contributed by atoms with Crippen molar-refractivity contribution >= 4 is 29.9 Å². The third-order valence-corrected chi connectivity index (χ3v) is 4.28. The van der Waals surface area contributed by atoms with Crippen LogP contribution in [0.15, 0.2) is 23.2 Å². The molecular formula is C19H33IN4O2. The Kier molecular flexibility index (Phi) is 11.4. The van der Waals surface area contributed by atoms with Gasteiger partial charge in [-0.25, -0.2) is 0 Å². The molecule has 0 amide bonds. The molecule has 1 aliphatic rings. The summed E-state index contributed by atoms with van der Waals surface area (Å²) >= 11 is 0. The summed E-state index contributed by atoms with van der Waals surface area (Å²) in [5.41, 5.74) is 1.23. The molecule has 2 N–H and O–H groups in total. The first kappa shape index (κ1) is 22.8. The van der Waals surface area contributed by atoms with Crippen LogP contribution in [0.4, 0.5) is 0 Å². The summed E-state index contributed by atoms with van der Waals surface area (Å²) in [5.74, 6) is 2.57. The minimum Gasteiger partial charge on any atom is -0.454 e. The molecule has 1 aromatic carbocycles. The van der Waals surface area contributed by atoms with E-state index in [4.69, 9.17) is 9.47 Å². The number of rotatable bonds is 10. The summed E-state index contributed by atoms with van der Waals surface area (Å²) in [4.78, 5) is 7.09. The zero-order valence-electron chi connectivity index (χ0n) is 16.2. The van der Waals surface area contributed by atoms with Crippen molar-refractivity contribution in [3.05, 3.63) is 23.8 Å². The van der Waals surface area contributed by atoms with Crippen molar-refractivity contribution in [2.75, 3.05) is 46.1 Å². The predicted molar refractivity (Wildman–Crippen MR) is 118 cm³/mol. The minimum atomic E-state index is 0. The summed E-state index contributed by atoms with van der Waals surface area (Å²) < 4.78 is 10.8. The molecule has 0 aliphatic carbocycles. The molecule has 1 heterocycles. The highest BCUT2D eigenvalue weighted by molar-refractivity contribution is 14.0. The number of guanidine groups is 1. The van der Waals surface area contributed by atoms with Gasteiger partial charge in [0, 0.05) is 19.6 Å². The van der Waals surface area contributed by atoms with Crippen LogP contribution < -0.4 is 20.1 Å². The molecule has 0 aromatic heterocycles. The number of halogens is 1. The number of benzene rings is 1. The Labute approximate surface area is 174 Å². The molecular weight excluding hydrogens is 443 g/mol. The molecule has 1 aromatic rings. The summed E-state index contributed by atoms with van der Waals surface area (Å²) in [7, 11) is 0. The van der Waals surface area contributed by atoms with Crippen molar-refractivity contribution in [2.45, 2.75) is 33.6 Å². The lowest BCUT2D eigenvalue weighted by molar-refractivity contribution is 0.174.